The number of aromatic nitrogens is 2. The van der Waals surface area contributed by atoms with Crippen LogP contribution >= 0.6 is 11.6 Å². The minimum Gasteiger partial charge on any atom is -0.308 e. The fourth-order valence-electron chi connectivity index (χ4n) is 3.42. The van der Waals surface area contributed by atoms with Crippen molar-refractivity contribution >= 4 is 11.6 Å². The highest BCUT2D eigenvalue weighted by molar-refractivity contribution is 6.31. The first-order chi connectivity index (χ1) is 9.67. The maximum atomic E-state index is 6.42. The van der Waals surface area contributed by atoms with Crippen LogP contribution in [-0.2, 0) is 20.0 Å². The molecule has 0 saturated heterocycles. The smallest absolute Gasteiger partial charge is 0.0863 e. The van der Waals surface area contributed by atoms with Crippen molar-refractivity contribution in [1.29, 1.82) is 0 Å². The molecule has 1 unspecified atom stereocenters. The van der Waals surface area contributed by atoms with E-state index in [9.17, 15) is 0 Å². The molecule has 1 atom stereocenters. The lowest BCUT2D eigenvalue weighted by atomic mass is 9.83. The van der Waals surface area contributed by atoms with Gasteiger partial charge in [0.25, 0.3) is 0 Å². The molecule has 0 aromatic carbocycles. The van der Waals surface area contributed by atoms with Crippen molar-refractivity contribution in [3.8, 4) is 0 Å². The Bertz CT molecular complexity index is 422. The molecule has 1 saturated carbocycles. The second-order valence-electron chi connectivity index (χ2n) is 5.98. The third kappa shape index (κ3) is 3.56. The summed E-state index contributed by atoms with van der Waals surface area (Å²) in [5.41, 5.74) is 2.13. The highest BCUT2D eigenvalue weighted by Gasteiger charge is 2.22. The Hall–Kier alpha value is -0.540. The zero-order valence-corrected chi connectivity index (χ0v) is 13.8. The van der Waals surface area contributed by atoms with E-state index in [1.165, 1.54) is 38.5 Å². The van der Waals surface area contributed by atoms with Gasteiger partial charge in [0.2, 0.25) is 0 Å². The van der Waals surface area contributed by atoms with Gasteiger partial charge in [-0.3, -0.25) is 4.68 Å². The van der Waals surface area contributed by atoms with E-state index in [4.69, 9.17) is 11.6 Å². The molecule has 20 heavy (non-hydrogen) atoms. The molecule has 1 aliphatic carbocycles. The third-order valence-corrected chi connectivity index (χ3v) is 5.13. The minimum atomic E-state index is 0.617. The van der Waals surface area contributed by atoms with Gasteiger partial charge in [-0.05, 0) is 31.6 Å². The van der Waals surface area contributed by atoms with Gasteiger partial charge in [0.1, 0.15) is 0 Å². The second-order valence-corrected chi connectivity index (χ2v) is 6.36. The number of hydrogen-bond donors (Lipinski definition) is 1. The summed E-state index contributed by atoms with van der Waals surface area (Å²) in [6.45, 7) is 5.22. The zero-order chi connectivity index (χ0) is 14.5. The lowest BCUT2D eigenvalue weighted by molar-refractivity contribution is 0.260. The van der Waals surface area contributed by atoms with Crippen molar-refractivity contribution < 1.29 is 0 Å². The first kappa shape index (κ1) is 15.8. The fraction of sp³-hybridized carbons (Fsp3) is 0.812. The van der Waals surface area contributed by atoms with Gasteiger partial charge in [-0.15, -0.1) is 0 Å². The van der Waals surface area contributed by atoms with Gasteiger partial charge >= 0.3 is 0 Å². The Morgan fingerprint density at radius 2 is 2.00 bits per heavy atom. The van der Waals surface area contributed by atoms with Crippen LogP contribution in [0, 0.1) is 5.92 Å². The Morgan fingerprint density at radius 1 is 1.30 bits per heavy atom. The van der Waals surface area contributed by atoms with Crippen molar-refractivity contribution in [3.63, 3.8) is 0 Å². The first-order valence-electron chi connectivity index (χ1n) is 8.11. The van der Waals surface area contributed by atoms with Crippen molar-refractivity contribution in [2.24, 2.45) is 13.0 Å². The standard InChI is InChI=1S/C16H28ClN3/c1-4-13(12-9-7-6-8-10-12)18-11-15-16(17)14(5-2)19-20(15)3/h12-13,18H,4-11H2,1-3H3. The molecule has 1 aromatic heterocycles. The molecule has 3 nitrogen and oxygen atoms in total. The van der Waals surface area contributed by atoms with Crippen molar-refractivity contribution in [2.75, 3.05) is 0 Å². The molecule has 0 bridgehead atoms. The van der Waals surface area contributed by atoms with Crippen molar-refractivity contribution in [2.45, 2.75) is 71.4 Å². The molecule has 1 aliphatic rings. The van der Waals surface area contributed by atoms with Gasteiger partial charge in [-0.25, -0.2) is 0 Å². The summed E-state index contributed by atoms with van der Waals surface area (Å²) in [6.07, 6.45) is 9.06. The number of nitrogens with one attached hydrogen (secondary N) is 1. The molecule has 0 spiro atoms. The number of hydrogen-bond acceptors (Lipinski definition) is 2. The van der Waals surface area contributed by atoms with Crippen LogP contribution in [0.5, 0.6) is 0 Å². The fourth-order valence-corrected chi connectivity index (χ4v) is 3.78. The normalized spacial score (nSPS) is 18.4. The predicted octanol–water partition coefficient (Wildman–Crippen LogP) is 4.08. The van der Waals surface area contributed by atoms with E-state index in [0.29, 0.717) is 6.04 Å². The minimum absolute atomic E-state index is 0.617. The second kappa shape index (κ2) is 7.46. The lowest BCUT2D eigenvalue weighted by Gasteiger charge is -2.30. The Kier molecular flexibility index (Phi) is 5.91. The molecule has 114 valence electrons. The van der Waals surface area contributed by atoms with Crippen molar-refractivity contribution in [1.82, 2.24) is 15.1 Å². The van der Waals surface area contributed by atoms with Gasteiger partial charge in [0, 0.05) is 19.6 Å². The highest BCUT2D eigenvalue weighted by Crippen LogP contribution is 2.28. The largest absolute Gasteiger partial charge is 0.308 e. The summed E-state index contributed by atoms with van der Waals surface area (Å²) in [7, 11) is 1.99. The number of halogens is 1. The van der Waals surface area contributed by atoms with E-state index in [1.807, 2.05) is 11.7 Å². The predicted molar refractivity (Wildman–Crippen MR) is 85.1 cm³/mol. The molecular formula is C16H28ClN3. The average Bonchev–Trinajstić information content (AvgIpc) is 2.76. The van der Waals surface area contributed by atoms with Gasteiger partial charge in [-0.2, -0.15) is 5.10 Å². The van der Waals surface area contributed by atoms with Crippen molar-refractivity contribution in [3.05, 3.63) is 16.4 Å². The van der Waals surface area contributed by atoms with Crippen LogP contribution in [0.2, 0.25) is 5.02 Å². The Morgan fingerprint density at radius 3 is 2.55 bits per heavy atom. The number of nitrogens with zero attached hydrogens (tertiary/aromatic N) is 2. The molecule has 4 heteroatoms. The third-order valence-electron chi connectivity index (χ3n) is 4.69. The maximum absolute atomic E-state index is 6.42. The Labute approximate surface area is 128 Å². The topological polar surface area (TPSA) is 29.9 Å². The van der Waals surface area contributed by atoms with Crippen LogP contribution in [0.3, 0.4) is 0 Å². The SMILES string of the molecule is CCc1nn(C)c(CNC(CC)C2CCCCC2)c1Cl. The molecule has 0 radical (unpaired) electrons. The van der Waals surface area contributed by atoms with Crippen LogP contribution in [0.15, 0.2) is 0 Å². The molecule has 2 rings (SSSR count). The molecule has 0 amide bonds. The van der Waals surface area contributed by atoms with Crippen LogP contribution in [0.1, 0.15) is 63.8 Å². The van der Waals surface area contributed by atoms with Crippen LogP contribution in [0.4, 0.5) is 0 Å². The van der Waals surface area contributed by atoms with Crippen LogP contribution in [-0.4, -0.2) is 15.8 Å². The van der Waals surface area contributed by atoms with E-state index >= 15 is 0 Å². The molecule has 1 N–H and O–H groups in total. The highest BCUT2D eigenvalue weighted by atomic mass is 35.5. The van der Waals surface area contributed by atoms with E-state index in [0.717, 1.165) is 35.3 Å². The summed E-state index contributed by atoms with van der Waals surface area (Å²) < 4.78 is 1.93. The molecule has 0 aliphatic heterocycles. The van der Waals surface area contributed by atoms with Gasteiger partial charge in [0.05, 0.1) is 16.4 Å². The van der Waals surface area contributed by atoms with Crippen LogP contribution in [0.25, 0.3) is 0 Å². The lowest BCUT2D eigenvalue weighted by Crippen LogP contribution is -2.36. The quantitative estimate of drug-likeness (QED) is 0.857. The van der Waals surface area contributed by atoms with E-state index in [1.54, 1.807) is 0 Å². The maximum Gasteiger partial charge on any atom is 0.0863 e. The number of rotatable bonds is 6. The summed E-state index contributed by atoms with van der Waals surface area (Å²) in [6, 6.07) is 0.617. The summed E-state index contributed by atoms with van der Waals surface area (Å²) >= 11 is 6.42. The first-order valence-corrected chi connectivity index (χ1v) is 8.48. The summed E-state index contributed by atoms with van der Waals surface area (Å²) in [5.74, 6) is 0.839. The summed E-state index contributed by atoms with van der Waals surface area (Å²) in [5, 5.41) is 9.07. The molecule has 1 aromatic rings. The van der Waals surface area contributed by atoms with Gasteiger partial charge < -0.3 is 5.32 Å². The molecule has 1 heterocycles. The monoisotopic (exact) mass is 297 g/mol. The zero-order valence-electron chi connectivity index (χ0n) is 13.1. The molecule has 1 fully saturated rings. The van der Waals surface area contributed by atoms with E-state index in [-0.39, 0.29) is 0 Å². The van der Waals surface area contributed by atoms with E-state index < -0.39 is 0 Å². The molecular weight excluding hydrogens is 270 g/mol. The average molecular weight is 298 g/mol. The summed E-state index contributed by atoms with van der Waals surface area (Å²) in [4.78, 5) is 0. The van der Waals surface area contributed by atoms with Crippen LogP contribution < -0.4 is 5.32 Å². The van der Waals surface area contributed by atoms with Gasteiger partial charge in [-0.1, -0.05) is 44.7 Å². The van der Waals surface area contributed by atoms with E-state index in [2.05, 4.69) is 24.3 Å². The Balaban J connectivity index is 1.97. The van der Waals surface area contributed by atoms with Gasteiger partial charge in [0.15, 0.2) is 0 Å². The number of aryl methyl sites for hydroxylation is 2.